The van der Waals surface area contributed by atoms with Gasteiger partial charge in [0.15, 0.2) is 8.32 Å². The third-order valence-electron chi connectivity index (χ3n) is 4.82. The first-order chi connectivity index (χ1) is 11.0. The summed E-state index contributed by atoms with van der Waals surface area (Å²) in [5.74, 6) is 0.938. The molecule has 0 amide bonds. The summed E-state index contributed by atoms with van der Waals surface area (Å²) in [5, 5.41) is 18.2. The van der Waals surface area contributed by atoms with E-state index in [2.05, 4.69) is 51.2 Å². The Hall–Kier alpha value is -1.41. The molecule has 0 aliphatic heterocycles. The Morgan fingerprint density at radius 3 is 2.62 bits per heavy atom. The SMILES string of the molecule is C[C@@H](CCCNc1c([N+](=O)[O-])cnn1C)CO[Si](C)(C)C(C)(C)C. The molecule has 138 valence electrons. The molecule has 0 fully saturated rings. The lowest BCUT2D eigenvalue weighted by atomic mass is 10.1. The highest BCUT2D eigenvalue weighted by atomic mass is 28.4. The van der Waals surface area contributed by atoms with Crippen LogP contribution in [0.5, 0.6) is 0 Å². The Morgan fingerprint density at radius 1 is 1.46 bits per heavy atom. The van der Waals surface area contributed by atoms with Crippen LogP contribution < -0.4 is 5.32 Å². The number of rotatable bonds is 9. The maximum atomic E-state index is 10.9. The van der Waals surface area contributed by atoms with E-state index >= 15 is 0 Å². The van der Waals surface area contributed by atoms with Crippen LogP contribution in [0.2, 0.25) is 18.1 Å². The largest absolute Gasteiger partial charge is 0.417 e. The van der Waals surface area contributed by atoms with E-state index in [-0.39, 0.29) is 10.7 Å². The summed E-state index contributed by atoms with van der Waals surface area (Å²) in [6.07, 6.45) is 3.23. The van der Waals surface area contributed by atoms with Gasteiger partial charge in [-0.3, -0.25) is 10.1 Å². The van der Waals surface area contributed by atoms with Gasteiger partial charge < -0.3 is 9.74 Å². The Balaban J connectivity index is 2.36. The van der Waals surface area contributed by atoms with Gasteiger partial charge in [-0.15, -0.1) is 0 Å². The fourth-order valence-corrected chi connectivity index (χ4v) is 3.21. The molecule has 0 aliphatic carbocycles. The molecular formula is C16H32N4O3Si. The first-order valence-electron chi connectivity index (χ1n) is 8.50. The van der Waals surface area contributed by atoms with Crippen molar-refractivity contribution in [2.75, 3.05) is 18.5 Å². The highest BCUT2D eigenvalue weighted by Crippen LogP contribution is 2.36. The molecule has 0 saturated carbocycles. The molecule has 24 heavy (non-hydrogen) atoms. The zero-order valence-corrected chi connectivity index (χ0v) is 17.0. The molecule has 1 N–H and O–H groups in total. The molecule has 0 unspecified atom stereocenters. The minimum absolute atomic E-state index is 0.0202. The fraction of sp³-hybridized carbons (Fsp3) is 0.812. The van der Waals surface area contributed by atoms with Crippen LogP contribution in [0.3, 0.4) is 0 Å². The monoisotopic (exact) mass is 356 g/mol. The number of aromatic nitrogens is 2. The van der Waals surface area contributed by atoms with E-state index in [1.807, 2.05) is 0 Å². The second kappa shape index (κ2) is 8.11. The molecule has 7 nitrogen and oxygen atoms in total. The predicted molar refractivity (Wildman–Crippen MR) is 99.9 cm³/mol. The van der Waals surface area contributed by atoms with Crippen molar-refractivity contribution in [3.63, 3.8) is 0 Å². The predicted octanol–water partition coefficient (Wildman–Crippen LogP) is 4.18. The maximum absolute atomic E-state index is 10.9. The highest BCUT2D eigenvalue weighted by molar-refractivity contribution is 6.74. The van der Waals surface area contributed by atoms with Crippen LogP contribution in [-0.4, -0.2) is 36.2 Å². The van der Waals surface area contributed by atoms with Gasteiger partial charge in [0, 0.05) is 20.2 Å². The van der Waals surface area contributed by atoms with Gasteiger partial charge in [-0.2, -0.15) is 5.10 Å². The molecule has 8 heteroatoms. The van der Waals surface area contributed by atoms with E-state index in [0.717, 1.165) is 19.4 Å². The average molecular weight is 357 g/mol. The van der Waals surface area contributed by atoms with E-state index in [1.165, 1.54) is 10.9 Å². The maximum Gasteiger partial charge on any atom is 0.330 e. The van der Waals surface area contributed by atoms with Gasteiger partial charge in [-0.1, -0.05) is 27.7 Å². The van der Waals surface area contributed by atoms with Crippen molar-refractivity contribution >= 4 is 19.8 Å². The van der Waals surface area contributed by atoms with Gasteiger partial charge in [-0.05, 0) is 36.9 Å². The molecule has 1 rings (SSSR count). The second-order valence-corrected chi connectivity index (χ2v) is 12.8. The number of nitro groups is 1. The van der Waals surface area contributed by atoms with Crippen LogP contribution in [0.15, 0.2) is 6.20 Å². The van der Waals surface area contributed by atoms with E-state index in [9.17, 15) is 10.1 Å². The lowest BCUT2D eigenvalue weighted by molar-refractivity contribution is -0.384. The topological polar surface area (TPSA) is 82.2 Å². The van der Waals surface area contributed by atoms with E-state index in [0.29, 0.717) is 18.3 Å². The summed E-state index contributed by atoms with van der Waals surface area (Å²) in [6, 6.07) is 0. The van der Waals surface area contributed by atoms with E-state index in [1.54, 1.807) is 7.05 Å². The van der Waals surface area contributed by atoms with Crippen molar-refractivity contribution in [1.29, 1.82) is 0 Å². The van der Waals surface area contributed by atoms with Crippen LogP contribution in [0.25, 0.3) is 0 Å². The van der Waals surface area contributed by atoms with Gasteiger partial charge in [0.1, 0.15) is 6.20 Å². The fourth-order valence-electron chi connectivity index (χ4n) is 2.07. The molecule has 0 spiro atoms. The Morgan fingerprint density at radius 2 is 2.08 bits per heavy atom. The summed E-state index contributed by atoms with van der Waals surface area (Å²) >= 11 is 0. The Bertz CT molecular complexity index is 552. The summed E-state index contributed by atoms with van der Waals surface area (Å²) in [7, 11) is 0.0109. The van der Waals surface area contributed by atoms with Gasteiger partial charge in [0.25, 0.3) is 0 Å². The van der Waals surface area contributed by atoms with Gasteiger partial charge in [0.05, 0.1) is 4.92 Å². The summed E-state index contributed by atoms with van der Waals surface area (Å²) in [6.45, 7) is 14.9. The van der Waals surface area contributed by atoms with E-state index < -0.39 is 13.2 Å². The number of nitrogens with one attached hydrogen (secondary N) is 1. The summed E-state index contributed by atoms with van der Waals surface area (Å²) < 4.78 is 7.75. The first kappa shape index (κ1) is 20.6. The smallest absolute Gasteiger partial charge is 0.330 e. The molecule has 1 atom stereocenters. The molecule has 0 aromatic carbocycles. The van der Waals surface area contributed by atoms with Crippen LogP contribution in [0, 0.1) is 16.0 Å². The third-order valence-corrected chi connectivity index (χ3v) is 9.32. The summed E-state index contributed by atoms with van der Waals surface area (Å²) in [4.78, 5) is 10.5. The van der Waals surface area contributed by atoms with Crippen molar-refractivity contribution in [1.82, 2.24) is 9.78 Å². The average Bonchev–Trinajstić information content (AvgIpc) is 2.81. The lowest BCUT2D eigenvalue weighted by Gasteiger charge is -2.37. The van der Waals surface area contributed by atoms with Gasteiger partial charge in [0.2, 0.25) is 5.82 Å². The number of nitrogens with zero attached hydrogens (tertiary/aromatic N) is 3. The summed E-state index contributed by atoms with van der Waals surface area (Å²) in [5.41, 5.74) is 0.0202. The minimum Gasteiger partial charge on any atom is -0.417 e. The van der Waals surface area contributed by atoms with Crippen molar-refractivity contribution in [3.8, 4) is 0 Å². The van der Waals surface area contributed by atoms with Gasteiger partial charge in [-0.25, -0.2) is 4.68 Å². The molecule has 0 radical (unpaired) electrons. The normalized spacial score (nSPS) is 13.8. The first-order valence-corrected chi connectivity index (χ1v) is 11.4. The molecule has 1 heterocycles. The van der Waals surface area contributed by atoms with Crippen LogP contribution in [-0.2, 0) is 11.5 Å². The van der Waals surface area contributed by atoms with Crippen LogP contribution >= 0.6 is 0 Å². The van der Waals surface area contributed by atoms with Gasteiger partial charge >= 0.3 is 5.69 Å². The van der Waals surface area contributed by atoms with Crippen LogP contribution in [0.4, 0.5) is 11.5 Å². The second-order valence-electron chi connectivity index (χ2n) is 8.00. The quantitative estimate of drug-likeness (QED) is 0.311. The zero-order chi connectivity index (χ0) is 18.5. The van der Waals surface area contributed by atoms with E-state index in [4.69, 9.17) is 4.43 Å². The Kier molecular flexibility index (Phi) is 6.97. The molecule has 0 aliphatic rings. The zero-order valence-electron chi connectivity index (χ0n) is 16.0. The molecule has 1 aromatic rings. The highest BCUT2D eigenvalue weighted by Gasteiger charge is 2.37. The molecule has 1 aromatic heterocycles. The number of hydrogen-bond donors (Lipinski definition) is 1. The van der Waals surface area contributed by atoms with Crippen molar-refractivity contribution in [3.05, 3.63) is 16.3 Å². The number of hydrogen-bond acceptors (Lipinski definition) is 5. The minimum atomic E-state index is -1.69. The van der Waals surface area contributed by atoms with Crippen LogP contribution in [0.1, 0.15) is 40.5 Å². The number of anilines is 1. The van der Waals surface area contributed by atoms with Crippen molar-refractivity contribution < 1.29 is 9.35 Å². The Labute approximate surface area is 146 Å². The van der Waals surface area contributed by atoms with Crippen molar-refractivity contribution in [2.24, 2.45) is 13.0 Å². The number of aryl methyl sites for hydroxylation is 1. The molecule has 0 saturated heterocycles. The lowest BCUT2D eigenvalue weighted by Crippen LogP contribution is -2.41. The molecular weight excluding hydrogens is 324 g/mol. The standard InChI is InChI=1S/C16H32N4O3Si/c1-13(12-23-24(6,7)16(2,3)4)9-8-10-17-15-14(20(21)22)11-18-19(15)5/h11,13,17H,8-10,12H2,1-7H3/t13-/m0/s1. The molecule has 0 bridgehead atoms. The third kappa shape index (κ3) is 5.59. The van der Waals surface area contributed by atoms with Crippen molar-refractivity contribution in [2.45, 2.75) is 58.7 Å².